The summed E-state index contributed by atoms with van der Waals surface area (Å²) in [6.45, 7) is 3.01. The Labute approximate surface area is 200 Å². The van der Waals surface area contributed by atoms with Crippen molar-refractivity contribution in [3.63, 3.8) is 0 Å². The number of hydrogen-bond donors (Lipinski definition) is 3. The standard InChI is InChI=1S/C22H29F3N6O4/c23-22(24,25)15-1-2-17-16(13-15)20(29-14-28-17)30-18-3-7-31(21(18)33)8-6-27-19(32)4-9-34-11-12-35-10-5-26/h1-2,13-14,18H,3-12,26H2,(H,27,32)(H,28,29,30)/t18-/m0/s1. The topological polar surface area (TPSA) is 132 Å². The van der Waals surface area contributed by atoms with E-state index in [4.69, 9.17) is 15.2 Å². The SMILES string of the molecule is NCCOCCOCCC(=O)NCCN1CC[C@H](Nc2ncnc3ccc(C(F)(F)F)cc23)C1=O. The molecule has 2 aromatic rings. The molecule has 0 bridgehead atoms. The third kappa shape index (κ3) is 7.73. The first-order chi connectivity index (χ1) is 16.8. The van der Waals surface area contributed by atoms with Gasteiger partial charge in [0.15, 0.2) is 0 Å². The molecule has 2 amide bonds. The summed E-state index contributed by atoms with van der Waals surface area (Å²) >= 11 is 0. The van der Waals surface area contributed by atoms with Gasteiger partial charge in [0.2, 0.25) is 11.8 Å². The fraction of sp³-hybridized carbons (Fsp3) is 0.545. The van der Waals surface area contributed by atoms with Crippen molar-refractivity contribution in [2.45, 2.75) is 25.1 Å². The molecule has 1 saturated heterocycles. The van der Waals surface area contributed by atoms with Gasteiger partial charge in [-0.3, -0.25) is 9.59 Å². The minimum absolute atomic E-state index is 0.169. The molecule has 0 radical (unpaired) electrons. The molecule has 1 atom stereocenters. The summed E-state index contributed by atoms with van der Waals surface area (Å²) in [5, 5.41) is 5.89. The lowest BCUT2D eigenvalue weighted by Gasteiger charge is -2.18. The summed E-state index contributed by atoms with van der Waals surface area (Å²) in [6, 6.07) is 2.58. The number of likely N-dealkylation sites (tertiary alicyclic amines) is 1. The summed E-state index contributed by atoms with van der Waals surface area (Å²) in [7, 11) is 0. The molecule has 0 unspecified atom stereocenters. The minimum Gasteiger partial charge on any atom is -0.379 e. The molecular formula is C22H29F3N6O4. The van der Waals surface area contributed by atoms with Crippen LogP contribution in [0.1, 0.15) is 18.4 Å². The number of rotatable bonds is 13. The largest absolute Gasteiger partial charge is 0.416 e. The van der Waals surface area contributed by atoms with Crippen molar-refractivity contribution in [1.82, 2.24) is 20.2 Å². The summed E-state index contributed by atoms with van der Waals surface area (Å²) in [4.78, 5) is 34.3. The van der Waals surface area contributed by atoms with Gasteiger partial charge in [-0.05, 0) is 24.6 Å². The number of halogens is 3. The second kappa shape index (κ2) is 12.6. The number of fused-ring (bicyclic) bond motifs is 1. The van der Waals surface area contributed by atoms with Crippen LogP contribution in [0, 0.1) is 0 Å². The van der Waals surface area contributed by atoms with Crippen molar-refractivity contribution < 1.29 is 32.2 Å². The van der Waals surface area contributed by atoms with E-state index in [0.29, 0.717) is 51.4 Å². The van der Waals surface area contributed by atoms with Crippen LogP contribution in [0.5, 0.6) is 0 Å². The number of nitrogens with one attached hydrogen (secondary N) is 2. The molecule has 1 aliphatic heterocycles. The Morgan fingerprint density at radius 2 is 1.94 bits per heavy atom. The Balaban J connectivity index is 1.44. The van der Waals surface area contributed by atoms with E-state index in [1.54, 1.807) is 4.90 Å². The third-order valence-electron chi connectivity index (χ3n) is 5.38. The van der Waals surface area contributed by atoms with Crippen LogP contribution in [-0.2, 0) is 25.2 Å². The molecule has 0 aliphatic carbocycles. The van der Waals surface area contributed by atoms with Gasteiger partial charge in [0.25, 0.3) is 0 Å². The normalized spacial score (nSPS) is 16.2. The number of amides is 2. The van der Waals surface area contributed by atoms with Crippen LogP contribution >= 0.6 is 0 Å². The predicted octanol–water partition coefficient (Wildman–Crippen LogP) is 1.16. The highest BCUT2D eigenvalue weighted by atomic mass is 19.4. The summed E-state index contributed by atoms with van der Waals surface area (Å²) < 4.78 is 49.8. The molecule has 3 rings (SSSR count). The molecule has 1 aromatic carbocycles. The van der Waals surface area contributed by atoms with Gasteiger partial charge in [-0.2, -0.15) is 13.2 Å². The lowest BCUT2D eigenvalue weighted by Crippen LogP contribution is -2.39. The van der Waals surface area contributed by atoms with Gasteiger partial charge in [-0.1, -0.05) is 0 Å². The van der Waals surface area contributed by atoms with Crippen molar-refractivity contribution >= 4 is 28.5 Å². The Bertz CT molecular complexity index is 1010. The second-order valence-corrected chi connectivity index (χ2v) is 7.88. The maximum atomic E-state index is 13.1. The maximum absolute atomic E-state index is 13.1. The molecule has 0 saturated carbocycles. The first-order valence-corrected chi connectivity index (χ1v) is 11.3. The summed E-state index contributed by atoms with van der Waals surface area (Å²) in [5.41, 5.74) is 4.83. The number of carbonyl (C=O) groups excluding carboxylic acids is 2. The van der Waals surface area contributed by atoms with E-state index in [0.717, 1.165) is 12.1 Å². The average Bonchev–Trinajstić information content (AvgIpc) is 3.17. The number of benzene rings is 1. The Morgan fingerprint density at radius 3 is 2.69 bits per heavy atom. The Morgan fingerprint density at radius 1 is 1.17 bits per heavy atom. The number of hydrogen-bond acceptors (Lipinski definition) is 8. The molecule has 1 aromatic heterocycles. The lowest BCUT2D eigenvalue weighted by molar-refractivity contribution is -0.137. The summed E-state index contributed by atoms with van der Waals surface area (Å²) in [5.74, 6) is -0.232. The molecule has 1 fully saturated rings. The molecule has 4 N–H and O–H groups in total. The highest BCUT2D eigenvalue weighted by molar-refractivity contribution is 5.93. The van der Waals surface area contributed by atoms with Crippen LogP contribution in [-0.4, -0.2) is 85.3 Å². The zero-order valence-corrected chi connectivity index (χ0v) is 19.1. The zero-order chi connectivity index (χ0) is 25.3. The van der Waals surface area contributed by atoms with E-state index in [9.17, 15) is 22.8 Å². The van der Waals surface area contributed by atoms with Gasteiger partial charge in [-0.15, -0.1) is 0 Å². The van der Waals surface area contributed by atoms with Crippen molar-refractivity contribution in [2.75, 3.05) is 57.9 Å². The molecular weight excluding hydrogens is 469 g/mol. The first-order valence-electron chi connectivity index (χ1n) is 11.3. The number of ether oxygens (including phenoxy) is 2. The molecule has 35 heavy (non-hydrogen) atoms. The van der Waals surface area contributed by atoms with Crippen LogP contribution in [0.3, 0.4) is 0 Å². The smallest absolute Gasteiger partial charge is 0.379 e. The highest BCUT2D eigenvalue weighted by Crippen LogP contribution is 2.33. The van der Waals surface area contributed by atoms with Gasteiger partial charge in [0, 0.05) is 38.0 Å². The fourth-order valence-electron chi connectivity index (χ4n) is 3.60. The zero-order valence-electron chi connectivity index (χ0n) is 19.1. The quantitative estimate of drug-likeness (QED) is 0.351. The first kappa shape index (κ1) is 26.6. The van der Waals surface area contributed by atoms with Gasteiger partial charge in [-0.25, -0.2) is 9.97 Å². The van der Waals surface area contributed by atoms with Gasteiger partial charge >= 0.3 is 6.18 Å². The second-order valence-electron chi connectivity index (χ2n) is 7.88. The van der Waals surface area contributed by atoms with Gasteiger partial charge in [0.1, 0.15) is 18.2 Å². The van der Waals surface area contributed by atoms with Crippen LogP contribution in [0.15, 0.2) is 24.5 Å². The van der Waals surface area contributed by atoms with E-state index in [1.165, 1.54) is 12.4 Å². The average molecular weight is 499 g/mol. The number of nitrogens with two attached hydrogens (primary N) is 1. The monoisotopic (exact) mass is 498 g/mol. The molecule has 10 nitrogen and oxygen atoms in total. The Hall–Kier alpha value is -3.03. The van der Waals surface area contributed by atoms with Crippen molar-refractivity contribution in [3.8, 4) is 0 Å². The number of alkyl halides is 3. The van der Waals surface area contributed by atoms with Crippen molar-refractivity contribution in [3.05, 3.63) is 30.1 Å². The maximum Gasteiger partial charge on any atom is 0.416 e. The molecule has 0 spiro atoms. The van der Waals surface area contributed by atoms with E-state index < -0.39 is 17.8 Å². The van der Waals surface area contributed by atoms with Gasteiger partial charge in [0.05, 0.1) is 37.5 Å². The summed E-state index contributed by atoms with van der Waals surface area (Å²) in [6.07, 6.45) is -2.62. The van der Waals surface area contributed by atoms with Crippen LogP contribution < -0.4 is 16.4 Å². The van der Waals surface area contributed by atoms with E-state index in [2.05, 4.69) is 20.6 Å². The minimum atomic E-state index is -4.50. The van der Waals surface area contributed by atoms with Crippen molar-refractivity contribution in [2.24, 2.45) is 5.73 Å². The van der Waals surface area contributed by atoms with Gasteiger partial charge < -0.3 is 30.7 Å². The number of anilines is 1. The number of carbonyl (C=O) groups is 2. The van der Waals surface area contributed by atoms with Crippen LogP contribution in [0.25, 0.3) is 10.9 Å². The van der Waals surface area contributed by atoms with Crippen LogP contribution in [0.4, 0.5) is 19.0 Å². The fourth-order valence-corrected chi connectivity index (χ4v) is 3.60. The van der Waals surface area contributed by atoms with E-state index in [1.807, 2.05) is 0 Å². The molecule has 192 valence electrons. The number of nitrogens with zero attached hydrogens (tertiary/aromatic N) is 3. The Kier molecular flexibility index (Phi) is 9.57. The number of aromatic nitrogens is 2. The van der Waals surface area contributed by atoms with Crippen molar-refractivity contribution in [1.29, 1.82) is 0 Å². The van der Waals surface area contributed by atoms with E-state index >= 15 is 0 Å². The lowest BCUT2D eigenvalue weighted by atomic mass is 10.1. The van der Waals surface area contributed by atoms with E-state index in [-0.39, 0.29) is 42.6 Å². The molecule has 13 heteroatoms. The van der Waals surface area contributed by atoms with Crippen LogP contribution in [0.2, 0.25) is 0 Å². The molecule has 1 aliphatic rings. The highest BCUT2D eigenvalue weighted by Gasteiger charge is 2.33. The predicted molar refractivity (Wildman–Crippen MR) is 121 cm³/mol. The molecule has 2 heterocycles. The third-order valence-corrected chi connectivity index (χ3v) is 5.38.